The van der Waals surface area contributed by atoms with Crippen molar-refractivity contribution in [1.82, 2.24) is 20.5 Å². The Morgan fingerprint density at radius 2 is 1.97 bits per heavy atom. The molecule has 0 aliphatic carbocycles. The van der Waals surface area contributed by atoms with Crippen LogP contribution in [0.15, 0.2) is 76.7 Å². The van der Waals surface area contributed by atoms with Crippen LogP contribution in [0.2, 0.25) is 0 Å². The molecule has 6 nitrogen and oxygen atoms in total. The van der Waals surface area contributed by atoms with Crippen molar-refractivity contribution >= 4 is 40.7 Å². The highest BCUT2D eigenvalue weighted by molar-refractivity contribution is 7.99. The SMILES string of the molecule is CC[C@@H](C)[C@@H](CO)NC(=O)c1ccccc1Sc1ccc2c(/C=C/c3ccccn3)n[nH]c2c1. The lowest BCUT2D eigenvalue weighted by atomic mass is 9.99. The lowest BCUT2D eigenvalue weighted by molar-refractivity contribution is 0.0888. The van der Waals surface area contributed by atoms with Crippen molar-refractivity contribution in [1.29, 1.82) is 0 Å². The number of nitrogens with one attached hydrogen (secondary N) is 2. The number of rotatable bonds is 9. The van der Waals surface area contributed by atoms with Gasteiger partial charge in [0.1, 0.15) is 0 Å². The van der Waals surface area contributed by atoms with E-state index in [9.17, 15) is 9.90 Å². The van der Waals surface area contributed by atoms with Crippen LogP contribution in [-0.2, 0) is 0 Å². The van der Waals surface area contributed by atoms with Gasteiger partial charge < -0.3 is 10.4 Å². The number of hydrogen-bond donors (Lipinski definition) is 3. The van der Waals surface area contributed by atoms with E-state index in [1.165, 1.54) is 11.8 Å². The number of aliphatic hydroxyl groups excluding tert-OH is 1. The van der Waals surface area contributed by atoms with Crippen LogP contribution in [0.3, 0.4) is 0 Å². The lowest BCUT2D eigenvalue weighted by Gasteiger charge is -2.22. The van der Waals surface area contributed by atoms with E-state index in [-0.39, 0.29) is 24.5 Å². The van der Waals surface area contributed by atoms with Gasteiger partial charge in [-0.2, -0.15) is 5.10 Å². The Morgan fingerprint density at radius 1 is 1.15 bits per heavy atom. The van der Waals surface area contributed by atoms with E-state index in [2.05, 4.69) is 27.4 Å². The summed E-state index contributed by atoms with van der Waals surface area (Å²) in [5.74, 6) is 0.0180. The molecule has 2 aromatic heterocycles. The van der Waals surface area contributed by atoms with Crippen LogP contribution in [0.25, 0.3) is 23.1 Å². The number of hydrogen-bond acceptors (Lipinski definition) is 5. The summed E-state index contributed by atoms with van der Waals surface area (Å²) in [5.41, 5.74) is 3.23. The Morgan fingerprint density at radius 3 is 2.74 bits per heavy atom. The molecule has 0 bridgehead atoms. The molecule has 4 rings (SSSR count). The minimum absolute atomic E-state index is 0.0797. The van der Waals surface area contributed by atoms with Gasteiger partial charge in [0.05, 0.1) is 35.1 Å². The van der Waals surface area contributed by atoms with Crippen molar-refractivity contribution in [2.75, 3.05) is 6.61 Å². The second-order valence-corrected chi connectivity index (χ2v) is 9.27. The fraction of sp³-hybridized carbons (Fsp3) is 0.222. The largest absolute Gasteiger partial charge is 0.394 e. The first-order chi connectivity index (χ1) is 16.6. The van der Waals surface area contributed by atoms with Crippen LogP contribution in [0, 0.1) is 5.92 Å². The normalized spacial score (nSPS) is 13.3. The average molecular weight is 473 g/mol. The van der Waals surface area contributed by atoms with E-state index in [0.29, 0.717) is 5.56 Å². The average Bonchev–Trinajstić information content (AvgIpc) is 3.28. The first kappa shape index (κ1) is 23.7. The molecule has 0 saturated carbocycles. The Bertz CT molecular complexity index is 1290. The van der Waals surface area contributed by atoms with Crippen molar-refractivity contribution in [3.63, 3.8) is 0 Å². The number of aromatic amines is 1. The zero-order chi connectivity index (χ0) is 23.9. The number of benzene rings is 2. The maximum Gasteiger partial charge on any atom is 0.252 e. The van der Waals surface area contributed by atoms with Gasteiger partial charge in [0.25, 0.3) is 5.91 Å². The summed E-state index contributed by atoms with van der Waals surface area (Å²) in [5, 5.41) is 21.2. The predicted molar refractivity (Wildman–Crippen MR) is 138 cm³/mol. The van der Waals surface area contributed by atoms with Gasteiger partial charge in [-0.05, 0) is 60.5 Å². The van der Waals surface area contributed by atoms with Gasteiger partial charge >= 0.3 is 0 Å². The molecule has 34 heavy (non-hydrogen) atoms. The van der Waals surface area contributed by atoms with Gasteiger partial charge in [0.2, 0.25) is 0 Å². The lowest BCUT2D eigenvalue weighted by Crippen LogP contribution is -2.42. The first-order valence-electron chi connectivity index (χ1n) is 11.3. The van der Waals surface area contributed by atoms with Gasteiger partial charge in [-0.25, -0.2) is 0 Å². The van der Waals surface area contributed by atoms with E-state index in [1.54, 1.807) is 6.20 Å². The van der Waals surface area contributed by atoms with E-state index in [1.807, 2.05) is 79.7 Å². The summed E-state index contributed by atoms with van der Waals surface area (Å²) in [6, 6.07) is 19.2. The second-order valence-electron chi connectivity index (χ2n) is 8.15. The van der Waals surface area contributed by atoms with Crippen LogP contribution in [0.4, 0.5) is 0 Å². The Kier molecular flexibility index (Phi) is 7.77. The van der Waals surface area contributed by atoms with Crippen LogP contribution >= 0.6 is 11.8 Å². The van der Waals surface area contributed by atoms with Crippen molar-refractivity contribution in [3.05, 3.63) is 83.8 Å². The molecule has 0 aliphatic rings. The molecule has 2 aromatic carbocycles. The Labute approximate surface area is 203 Å². The van der Waals surface area contributed by atoms with Gasteiger partial charge in [0.15, 0.2) is 0 Å². The summed E-state index contributed by atoms with van der Waals surface area (Å²) >= 11 is 1.53. The van der Waals surface area contributed by atoms with Crippen molar-refractivity contribution in [2.24, 2.45) is 5.92 Å². The minimum Gasteiger partial charge on any atom is -0.394 e. The molecular formula is C27H28N4O2S. The van der Waals surface area contributed by atoms with Crippen LogP contribution in [0.5, 0.6) is 0 Å². The third-order valence-electron chi connectivity index (χ3n) is 5.87. The number of aromatic nitrogens is 3. The van der Waals surface area contributed by atoms with E-state index < -0.39 is 0 Å². The zero-order valence-corrected chi connectivity index (χ0v) is 20.0. The maximum atomic E-state index is 13.0. The number of fused-ring (bicyclic) bond motifs is 1. The van der Waals surface area contributed by atoms with Crippen LogP contribution < -0.4 is 5.32 Å². The van der Waals surface area contributed by atoms with E-state index >= 15 is 0 Å². The molecule has 1 amide bonds. The van der Waals surface area contributed by atoms with Crippen molar-refractivity contribution in [3.8, 4) is 0 Å². The maximum absolute atomic E-state index is 13.0. The molecule has 2 atom stereocenters. The Hall–Kier alpha value is -3.42. The molecule has 2 heterocycles. The molecule has 0 aliphatic heterocycles. The molecule has 0 saturated heterocycles. The van der Waals surface area contributed by atoms with Crippen LogP contribution in [-0.4, -0.2) is 38.8 Å². The fourth-order valence-electron chi connectivity index (χ4n) is 3.62. The van der Waals surface area contributed by atoms with Gasteiger partial charge in [0, 0.05) is 21.4 Å². The standard InChI is InChI=1S/C27H28N4O2S/c1-3-18(2)25(17-32)29-27(33)22-9-4-5-10-26(22)34-20-12-13-21-23(30-31-24(21)16-20)14-11-19-8-6-7-15-28-19/h4-16,18,25,32H,3,17H2,1-2H3,(H,29,33)(H,30,31)/b14-11+/t18-,25-/m1/s1. The van der Waals surface area contributed by atoms with E-state index in [0.717, 1.165) is 38.5 Å². The number of nitrogens with zero attached hydrogens (tertiary/aromatic N) is 2. The third kappa shape index (κ3) is 5.55. The van der Waals surface area contributed by atoms with Gasteiger partial charge in [-0.1, -0.05) is 50.2 Å². The monoisotopic (exact) mass is 472 g/mol. The number of aliphatic hydroxyl groups is 1. The summed E-state index contributed by atoms with van der Waals surface area (Å²) in [6.45, 7) is 4.00. The molecule has 3 N–H and O–H groups in total. The minimum atomic E-state index is -0.269. The van der Waals surface area contributed by atoms with Crippen LogP contribution in [0.1, 0.15) is 42.0 Å². The Balaban J connectivity index is 1.53. The second kappa shape index (κ2) is 11.1. The third-order valence-corrected chi connectivity index (χ3v) is 6.93. The summed E-state index contributed by atoms with van der Waals surface area (Å²) in [6.07, 6.45) is 6.53. The topological polar surface area (TPSA) is 90.9 Å². The van der Waals surface area contributed by atoms with E-state index in [4.69, 9.17) is 0 Å². The fourth-order valence-corrected chi connectivity index (χ4v) is 4.60. The predicted octanol–water partition coefficient (Wildman–Crippen LogP) is 5.42. The quantitative estimate of drug-likeness (QED) is 0.303. The summed E-state index contributed by atoms with van der Waals surface area (Å²) in [4.78, 5) is 19.1. The number of H-pyrrole nitrogens is 1. The summed E-state index contributed by atoms with van der Waals surface area (Å²) < 4.78 is 0. The highest BCUT2D eigenvalue weighted by Crippen LogP contribution is 2.33. The number of amides is 1. The number of carbonyl (C=O) groups excluding carboxylic acids is 1. The van der Waals surface area contributed by atoms with Gasteiger partial charge in [-0.15, -0.1) is 0 Å². The molecule has 0 unspecified atom stereocenters. The molecule has 0 spiro atoms. The molecule has 0 fully saturated rings. The highest BCUT2D eigenvalue weighted by Gasteiger charge is 2.20. The molecule has 174 valence electrons. The zero-order valence-electron chi connectivity index (χ0n) is 19.2. The van der Waals surface area contributed by atoms with Crippen molar-refractivity contribution in [2.45, 2.75) is 36.1 Å². The molecule has 4 aromatic rings. The van der Waals surface area contributed by atoms with Crippen molar-refractivity contribution < 1.29 is 9.90 Å². The van der Waals surface area contributed by atoms with Gasteiger partial charge in [-0.3, -0.25) is 14.9 Å². The highest BCUT2D eigenvalue weighted by atomic mass is 32.2. The number of carbonyl (C=O) groups is 1. The number of pyridine rings is 1. The molecular weight excluding hydrogens is 444 g/mol. The molecule has 0 radical (unpaired) electrons. The molecule has 7 heteroatoms. The smallest absolute Gasteiger partial charge is 0.252 e. The first-order valence-corrected chi connectivity index (χ1v) is 12.2. The summed E-state index contributed by atoms with van der Waals surface area (Å²) in [7, 11) is 0.